The Morgan fingerprint density at radius 3 is 2.31 bits per heavy atom. The molecule has 42 heavy (non-hydrogen) atoms. The topological polar surface area (TPSA) is 63.6 Å². The number of rotatable bonds is 6. The van der Waals surface area contributed by atoms with Crippen molar-refractivity contribution >= 4 is 63.6 Å². The van der Waals surface area contributed by atoms with Gasteiger partial charge in [-0.2, -0.15) is 0 Å². The molecular formula is C32H21F2N3O3S2. The first-order valence-electron chi connectivity index (χ1n) is 12.7. The number of aryl methyl sites for hydroxylation is 1. The summed E-state index contributed by atoms with van der Waals surface area (Å²) in [4.78, 5) is 28.3. The molecular weight excluding hydrogens is 577 g/mol. The molecule has 0 radical (unpaired) electrons. The monoisotopic (exact) mass is 597 g/mol. The third-order valence-corrected chi connectivity index (χ3v) is 8.18. The van der Waals surface area contributed by atoms with E-state index in [1.165, 1.54) is 23.1 Å². The average Bonchev–Trinajstić information content (AvgIpc) is 3.24. The van der Waals surface area contributed by atoms with Crippen molar-refractivity contribution in [1.82, 2.24) is 9.88 Å². The van der Waals surface area contributed by atoms with Crippen LogP contribution in [0.2, 0.25) is 0 Å². The van der Waals surface area contributed by atoms with Gasteiger partial charge in [-0.1, -0.05) is 48.2 Å². The fourth-order valence-corrected chi connectivity index (χ4v) is 5.94. The van der Waals surface area contributed by atoms with Crippen molar-refractivity contribution in [2.24, 2.45) is 7.05 Å². The lowest BCUT2D eigenvalue weighted by atomic mass is 10.1. The van der Waals surface area contributed by atoms with Gasteiger partial charge >= 0.3 is 0 Å². The van der Waals surface area contributed by atoms with E-state index in [0.29, 0.717) is 27.8 Å². The van der Waals surface area contributed by atoms with Crippen molar-refractivity contribution in [1.29, 1.82) is 0 Å². The predicted octanol–water partition coefficient (Wildman–Crippen LogP) is 7.23. The number of carbonyl (C=O) groups is 2. The van der Waals surface area contributed by atoms with Crippen LogP contribution in [0.3, 0.4) is 0 Å². The largest absolute Gasteiger partial charge is 0.457 e. The Balaban J connectivity index is 1.38. The lowest BCUT2D eigenvalue weighted by molar-refractivity contribution is -0.122. The Kier molecular flexibility index (Phi) is 7.32. The van der Waals surface area contributed by atoms with Crippen molar-refractivity contribution in [2.45, 2.75) is 9.92 Å². The molecule has 2 heterocycles. The second-order valence-corrected chi connectivity index (χ2v) is 10.8. The standard InChI is InChI=1S/C32H21F2N3O3S2/c1-36-27-10-6-5-9-23(27)24(31(36)42-28-16-11-19(33)17-26(28)34)18-25-29(38)35-32(41)37(30(25)39)20-12-14-22(15-13-20)40-21-7-3-2-4-8-21/h2-18H,1H3,(H,35,38,41). The number of carbonyl (C=O) groups excluding carboxylic acids is 2. The summed E-state index contributed by atoms with van der Waals surface area (Å²) < 4.78 is 35.9. The second-order valence-electron chi connectivity index (χ2n) is 9.34. The molecule has 1 saturated heterocycles. The van der Waals surface area contributed by atoms with Gasteiger partial charge in [0.15, 0.2) is 5.11 Å². The number of amides is 2. The van der Waals surface area contributed by atoms with E-state index in [1.54, 1.807) is 31.3 Å². The Morgan fingerprint density at radius 1 is 0.881 bits per heavy atom. The maximum atomic E-state index is 14.6. The number of anilines is 1. The van der Waals surface area contributed by atoms with Crippen LogP contribution >= 0.6 is 24.0 Å². The van der Waals surface area contributed by atoms with E-state index in [-0.39, 0.29) is 15.6 Å². The number of nitrogens with one attached hydrogen (secondary N) is 1. The summed E-state index contributed by atoms with van der Waals surface area (Å²) in [6.07, 6.45) is 1.49. The van der Waals surface area contributed by atoms with Crippen molar-refractivity contribution in [3.05, 3.63) is 120 Å². The van der Waals surface area contributed by atoms with Gasteiger partial charge in [-0.15, -0.1) is 0 Å². The maximum absolute atomic E-state index is 14.6. The van der Waals surface area contributed by atoms with Gasteiger partial charge in [-0.25, -0.2) is 8.78 Å². The SMILES string of the molecule is Cn1c(Sc2ccc(F)cc2F)c(C=C2C(=O)NC(=S)N(c3ccc(Oc4ccccc4)cc3)C2=O)c2ccccc21. The third kappa shape index (κ3) is 5.17. The molecule has 1 fully saturated rings. The molecule has 1 aliphatic rings. The number of fused-ring (bicyclic) bond motifs is 1. The molecule has 6 rings (SSSR count). The van der Waals surface area contributed by atoms with E-state index in [2.05, 4.69) is 5.32 Å². The zero-order chi connectivity index (χ0) is 29.4. The number of ether oxygens (including phenoxy) is 1. The molecule has 0 unspecified atom stereocenters. The highest BCUT2D eigenvalue weighted by Gasteiger charge is 2.35. The Hall–Kier alpha value is -4.80. The molecule has 5 aromatic rings. The average molecular weight is 598 g/mol. The summed E-state index contributed by atoms with van der Waals surface area (Å²) in [5, 5.41) is 3.87. The van der Waals surface area contributed by atoms with Crippen LogP contribution in [0.1, 0.15) is 5.56 Å². The zero-order valence-electron chi connectivity index (χ0n) is 22.0. The van der Waals surface area contributed by atoms with Gasteiger partial charge in [0.25, 0.3) is 11.8 Å². The minimum absolute atomic E-state index is 0.0558. The number of halogens is 2. The van der Waals surface area contributed by atoms with Crippen molar-refractivity contribution in [3.8, 4) is 11.5 Å². The number of hydrogen-bond donors (Lipinski definition) is 1. The molecule has 0 bridgehead atoms. The molecule has 2 amide bonds. The highest BCUT2D eigenvalue weighted by atomic mass is 32.2. The summed E-state index contributed by atoms with van der Waals surface area (Å²) in [5.74, 6) is -1.44. The van der Waals surface area contributed by atoms with Crippen molar-refractivity contribution in [3.63, 3.8) is 0 Å². The van der Waals surface area contributed by atoms with Gasteiger partial charge in [0, 0.05) is 34.5 Å². The first kappa shape index (κ1) is 27.4. The number of hydrogen-bond acceptors (Lipinski definition) is 5. The highest BCUT2D eigenvalue weighted by molar-refractivity contribution is 7.99. The molecule has 1 aromatic heterocycles. The number of thiocarbonyl (C=S) groups is 1. The normalized spacial score (nSPS) is 14.5. The maximum Gasteiger partial charge on any atom is 0.270 e. The van der Waals surface area contributed by atoms with Crippen LogP contribution in [0.4, 0.5) is 14.5 Å². The van der Waals surface area contributed by atoms with Crippen LogP contribution in [0.15, 0.2) is 113 Å². The molecule has 0 aliphatic carbocycles. The Labute approximate surface area is 249 Å². The minimum Gasteiger partial charge on any atom is -0.457 e. The summed E-state index contributed by atoms with van der Waals surface area (Å²) >= 11 is 6.44. The van der Waals surface area contributed by atoms with Crippen LogP contribution in [0.5, 0.6) is 11.5 Å². The lowest BCUT2D eigenvalue weighted by Gasteiger charge is -2.29. The first-order valence-corrected chi connectivity index (χ1v) is 14.0. The van der Waals surface area contributed by atoms with Gasteiger partial charge in [-0.3, -0.25) is 19.8 Å². The molecule has 1 N–H and O–H groups in total. The molecule has 208 valence electrons. The van der Waals surface area contributed by atoms with E-state index in [0.717, 1.165) is 28.7 Å². The van der Waals surface area contributed by atoms with Crippen LogP contribution in [0.25, 0.3) is 17.0 Å². The second kappa shape index (κ2) is 11.2. The van der Waals surface area contributed by atoms with E-state index >= 15 is 0 Å². The van der Waals surface area contributed by atoms with Crippen molar-refractivity contribution < 1.29 is 23.1 Å². The first-order chi connectivity index (χ1) is 20.3. The number of para-hydroxylation sites is 2. The molecule has 0 spiro atoms. The van der Waals surface area contributed by atoms with Crippen LogP contribution in [0, 0.1) is 11.6 Å². The van der Waals surface area contributed by atoms with Gasteiger partial charge in [0.2, 0.25) is 0 Å². The zero-order valence-corrected chi connectivity index (χ0v) is 23.6. The summed E-state index contributed by atoms with van der Waals surface area (Å²) in [5.41, 5.74) is 1.64. The van der Waals surface area contributed by atoms with Gasteiger partial charge in [0.05, 0.1) is 10.7 Å². The van der Waals surface area contributed by atoms with E-state index in [4.69, 9.17) is 17.0 Å². The van der Waals surface area contributed by atoms with E-state index in [9.17, 15) is 18.4 Å². The van der Waals surface area contributed by atoms with E-state index in [1.807, 2.05) is 59.2 Å². The van der Waals surface area contributed by atoms with Gasteiger partial charge in [0.1, 0.15) is 28.7 Å². The van der Waals surface area contributed by atoms with Gasteiger partial charge in [-0.05, 0) is 72.9 Å². The molecule has 6 nitrogen and oxygen atoms in total. The summed E-state index contributed by atoms with van der Waals surface area (Å²) in [6.45, 7) is 0. The number of aromatic nitrogens is 1. The van der Waals surface area contributed by atoms with Crippen LogP contribution in [-0.2, 0) is 16.6 Å². The van der Waals surface area contributed by atoms with Gasteiger partial charge < -0.3 is 9.30 Å². The fraction of sp³-hybridized carbons (Fsp3) is 0.0312. The molecule has 0 atom stereocenters. The third-order valence-electron chi connectivity index (χ3n) is 6.66. The quantitative estimate of drug-likeness (QED) is 0.127. The molecule has 1 aliphatic heterocycles. The van der Waals surface area contributed by atoms with Crippen molar-refractivity contribution in [2.75, 3.05) is 4.90 Å². The predicted molar refractivity (Wildman–Crippen MR) is 163 cm³/mol. The minimum atomic E-state index is -0.716. The Bertz CT molecular complexity index is 1900. The molecule has 0 saturated carbocycles. The smallest absolute Gasteiger partial charge is 0.270 e. The number of benzene rings is 4. The number of nitrogens with zero attached hydrogens (tertiary/aromatic N) is 2. The van der Waals surface area contributed by atoms with E-state index < -0.39 is 23.4 Å². The molecule has 4 aromatic carbocycles. The molecule has 10 heteroatoms. The summed E-state index contributed by atoms with van der Waals surface area (Å²) in [6, 6.07) is 26.8. The lowest BCUT2D eigenvalue weighted by Crippen LogP contribution is -2.54. The Morgan fingerprint density at radius 2 is 1.57 bits per heavy atom. The van der Waals surface area contributed by atoms with Crippen LogP contribution < -0.4 is 15.0 Å². The fourth-order valence-electron chi connectivity index (χ4n) is 4.65. The highest BCUT2D eigenvalue weighted by Crippen LogP contribution is 2.39. The summed E-state index contributed by atoms with van der Waals surface area (Å²) in [7, 11) is 1.80. The van der Waals surface area contributed by atoms with Crippen LogP contribution in [-0.4, -0.2) is 21.5 Å².